The molecule has 1 heterocycles. The predicted octanol–water partition coefficient (Wildman–Crippen LogP) is 0.907. The third-order valence-electron chi connectivity index (χ3n) is 2.15. The van der Waals surface area contributed by atoms with E-state index < -0.39 is 10.9 Å². The Morgan fingerprint density at radius 2 is 2.24 bits per heavy atom. The Hall–Kier alpha value is -2.18. The quantitative estimate of drug-likeness (QED) is 0.441. The molecule has 0 fully saturated rings. The lowest BCUT2D eigenvalue weighted by Gasteiger charge is -2.16. The Labute approximate surface area is 98.2 Å². The maximum atomic E-state index is 11.1. The van der Waals surface area contributed by atoms with Crippen molar-refractivity contribution in [1.82, 2.24) is 4.98 Å². The number of carbonyl (C=O) groups excluding carboxylic acids is 1. The van der Waals surface area contributed by atoms with E-state index in [2.05, 4.69) is 9.72 Å². The van der Waals surface area contributed by atoms with E-state index in [1.165, 1.54) is 18.1 Å². The minimum absolute atomic E-state index is 0.0895. The standard InChI is InChI=1S/C10H13N3O4/c1-7-4-5-8(13(15)16)10(11-7)12(2)6-9(14)17-3/h4-5H,6H2,1-3H3. The third kappa shape index (κ3) is 3.13. The van der Waals surface area contributed by atoms with Gasteiger partial charge in [0.15, 0.2) is 0 Å². The number of esters is 1. The summed E-state index contributed by atoms with van der Waals surface area (Å²) >= 11 is 0. The van der Waals surface area contributed by atoms with E-state index in [-0.39, 0.29) is 18.1 Å². The average molecular weight is 239 g/mol. The van der Waals surface area contributed by atoms with Crippen molar-refractivity contribution in [2.45, 2.75) is 6.92 Å². The number of carbonyl (C=O) groups is 1. The largest absolute Gasteiger partial charge is 0.468 e. The van der Waals surface area contributed by atoms with Gasteiger partial charge >= 0.3 is 11.7 Å². The predicted molar refractivity (Wildman–Crippen MR) is 60.9 cm³/mol. The first-order chi connectivity index (χ1) is 7.95. The molecule has 0 N–H and O–H groups in total. The highest BCUT2D eigenvalue weighted by Gasteiger charge is 2.20. The van der Waals surface area contributed by atoms with Crippen LogP contribution in [0.4, 0.5) is 11.5 Å². The van der Waals surface area contributed by atoms with Crippen LogP contribution in [0.15, 0.2) is 12.1 Å². The lowest BCUT2D eigenvalue weighted by Crippen LogP contribution is -2.27. The highest BCUT2D eigenvalue weighted by atomic mass is 16.6. The van der Waals surface area contributed by atoms with Gasteiger partial charge in [-0.25, -0.2) is 4.98 Å². The van der Waals surface area contributed by atoms with Crippen molar-refractivity contribution in [2.24, 2.45) is 0 Å². The van der Waals surface area contributed by atoms with E-state index in [1.807, 2.05) is 0 Å². The van der Waals surface area contributed by atoms with Crippen LogP contribution in [-0.2, 0) is 9.53 Å². The van der Waals surface area contributed by atoms with Crippen LogP contribution in [0.1, 0.15) is 5.69 Å². The average Bonchev–Trinajstić information content (AvgIpc) is 2.28. The molecular formula is C10H13N3O4. The van der Waals surface area contributed by atoms with E-state index in [0.29, 0.717) is 5.69 Å². The second-order valence-electron chi connectivity index (χ2n) is 3.48. The molecule has 0 bridgehead atoms. The molecule has 0 aliphatic heterocycles. The zero-order chi connectivity index (χ0) is 13.0. The molecule has 0 radical (unpaired) electrons. The van der Waals surface area contributed by atoms with E-state index in [4.69, 9.17) is 0 Å². The maximum absolute atomic E-state index is 11.1. The van der Waals surface area contributed by atoms with Gasteiger partial charge in [0.25, 0.3) is 0 Å². The topological polar surface area (TPSA) is 85.6 Å². The number of nitro groups is 1. The van der Waals surface area contributed by atoms with Gasteiger partial charge in [0.2, 0.25) is 5.82 Å². The number of likely N-dealkylation sites (N-methyl/N-ethyl adjacent to an activating group) is 1. The number of ether oxygens (including phenoxy) is 1. The van der Waals surface area contributed by atoms with Crippen LogP contribution in [0.5, 0.6) is 0 Å². The molecule has 7 heteroatoms. The molecule has 0 aliphatic carbocycles. The molecule has 1 aromatic rings. The zero-order valence-electron chi connectivity index (χ0n) is 9.84. The number of hydrogen-bond acceptors (Lipinski definition) is 6. The summed E-state index contributed by atoms with van der Waals surface area (Å²) in [6.07, 6.45) is 0. The van der Waals surface area contributed by atoms with Crippen molar-refractivity contribution in [3.8, 4) is 0 Å². The number of aromatic nitrogens is 1. The van der Waals surface area contributed by atoms with E-state index in [0.717, 1.165) is 0 Å². The monoisotopic (exact) mass is 239 g/mol. The molecule has 0 saturated carbocycles. The Morgan fingerprint density at radius 1 is 1.59 bits per heavy atom. The van der Waals surface area contributed by atoms with Gasteiger partial charge in [-0.2, -0.15) is 0 Å². The summed E-state index contributed by atoms with van der Waals surface area (Å²) in [6.45, 7) is 1.63. The van der Waals surface area contributed by atoms with Crippen molar-refractivity contribution in [3.63, 3.8) is 0 Å². The molecule has 92 valence electrons. The van der Waals surface area contributed by atoms with Gasteiger partial charge in [-0.1, -0.05) is 0 Å². The summed E-state index contributed by atoms with van der Waals surface area (Å²) < 4.78 is 4.49. The number of methoxy groups -OCH3 is 1. The third-order valence-corrected chi connectivity index (χ3v) is 2.15. The molecule has 1 aromatic heterocycles. The minimum Gasteiger partial charge on any atom is -0.468 e. The zero-order valence-corrected chi connectivity index (χ0v) is 9.84. The van der Waals surface area contributed by atoms with Gasteiger partial charge in [0, 0.05) is 18.8 Å². The number of nitrogens with zero attached hydrogens (tertiary/aromatic N) is 3. The van der Waals surface area contributed by atoms with Crippen LogP contribution >= 0.6 is 0 Å². The number of anilines is 1. The van der Waals surface area contributed by atoms with Crippen LogP contribution in [0.3, 0.4) is 0 Å². The molecule has 17 heavy (non-hydrogen) atoms. The highest BCUT2D eigenvalue weighted by molar-refractivity contribution is 5.76. The Balaban J connectivity index is 3.06. The molecule has 0 unspecified atom stereocenters. The van der Waals surface area contributed by atoms with Gasteiger partial charge in [-0.15, -0.1) is 0 Å². The lowest BCUT2D eigenvalue weighted by molar-refractivity contribution is -0.384. The summed E-state index contributed by atoms with van der Waals surface area (Å²) in [5, 5.41) is 10.8. The molecule has 7 nitrogen and oxygen atoms in total. The summed E-state index contributed by atoms with van der Waals surface area (Å²) in [4.78, 5) is 26.8. The fourth-order valence-corrected chi connectivity index (χ4v) is 1.29. The summed E-state index contributed by atoms with van der Waals surface area (Å²) in [5.74, 6) is -0.328. The number of pyridine rings is 1. The van der Waals surface area contributed by atoms with Crippen molar-refractivity contribution in [1.29, 1.82) is 0 Å². The summed E-state index contributed by atoms with van der Waals surface area (Å²) in [7, 11) is 2.81. The molecule has 0 aromatic carbocycles. The second-order valence-corrected chi connectivity index (χ2v) is 3.48. The lowest BCUT2D eigenvalue weighted by atomic mass is 10.3. The second kappa shape index (κ2) is 5.24. The van der Waals surface area contributed by atoms with Crippen LogP contribution in [0.25, 0.3) is 0 Å². The molecule has 0 atom stereocenters. The molecule has 0 saturated heterocycles. The van der Waals surface area contributed by atoms with Crippen molar-refractivity contribution < 1.29 is 14.5 Å². The number of hydrogen-bond donors (Lipinski definition) is 0. The molecular weight excluding hydrogens is 226 g/mol. The van der Waals surface area contributed by atoms with Crippen LogP contribution in [0.2, 0.25) is 0 Å². The molecule has 0 spiro atoms. The first kappa shape index (κ1) is 12.9. The van der Waals surface area contributed by atoms with Crippen molar-refractivity contribution in [2.75, 3.05) is 25.6 Å². The van der Waals surface area contributed by atoms with Gasteiger partial charge < -0.3 is 9.64 Å². The van der Waals surface area contributed by atoms with Crippen molar-refractivity contribution >= 4 is 17.5 Å². The minimum atomic E-state index is -0.532. The molecule has 1 rings (SSSR count). The van der Waals surface area contributed by atoms with Gasteiger partial charge in [-0.3, -0.25) is 14.9 Å². The Bertz CT molecular complexity index is 447. The van der Waals surface area contributed by atoms with E-state index in [9.17, 15) is 14.9 Å². The smallest absolute Gasteiger partial charge is 0.325 e. The van der Waals surface area contributed by atoms with Crippen LogP contribution in [-0.4, -0.2) is 36.6 Å². The number of aryl methyl sites for hydroxylation is 1. The molecule has 0 aliphatic rings. The SMILES string of the molecule is COC(=O)CN(C)c1nc(C)ccc1[N+](=O)[O-]. The first-order valence-electron chi connectivity index (χ1n) is 4.85. The Kier molecular flexibility index (Phi) is 3.97. The highest BCUT2D eigenvalue weighted by Crippen LogP contribution is 2.24. The van der Waals surface area contributed by atoms with Gasteiger partial charge in [0.05, 0.1) is 12.0 Å². The number of rotatable bonds is 4. The first-order valence-corrected chi connectivity index (χ1v) is 4.85. The normalized spacial score (nSPS) is 9.82. The fourth-order valence-electron chi connectivity index (χ4n) is 1.29. The van der Waals surface area contributed by atoms with E-state index >= 15 is 0 Å². The van der Waals surface area contributed by atoms with Gasteiger partial charge in [-0.05, 0) is 13.0 Å². The molecule has 0 amide bonds. The van der Waals surface area contributed by atoms with Gasteiger partial charge in [0.1, 0.15) is 6.54 Å². The Morgan fingerprint density at radius 3 is 2.76 bits per heavy atom. The fraction of sp³-hybridized carbons (Fsp3) is 0.400. The maximum Gasteiger partial charge on any atom is 0.325 e. The van der Waals surface area contributed by atoms with Crippen LogP contribution in [0, 0.1) is 17.0 Å². The van der Waals surface area contributed by atoms with E-state index in [1.54, 1.807) is 20.0 Å². The summed E-state index contributed by atoms with van der Waals surface area (Å²) in [5.41, 5.74) is 0.504. The van der Waals surface area contributed by atoms with Crippen molar-refractivity contribution in [3.05, 3.63) is 27.9 Å². The summed E-state index contributed by atoms with van der Waals surface area (Å²) in [6, 6.07) is 2.92. The van der Waals surface area contributed by atoms with Crippen LogP contribution < -0.4 is 4.90 Å².